The van der Waals surface area contributed by atoms with Crippen LogP contribution in [0.2, 0.25) is 0 Å². The second kappa shape index (κ2) is 12.4. The fraction of sp³-hybridized carbons (Fsp3) is 0.486. The number of hydrogen-bond acceptors (Lipinski definition) is 9. The Morgan fingerprint density at radius 3 is 2.71 bits per heavy atom. The van der Waals surface area contributed by atoms with Crippen LogP contribution in [0.5, 0.6) is 6.01 Å². The summed E-state index contributed by atoms with van der Waals surface area (Å²) in [4.78, 5) is 26.8. The number of benzene rings is 2. The van der Waals surface area contributed by atoms with Gasteiger partial charge < -0.3 is 20.3 Å². The summed E-state index contributed by atoms with van der Waals surface area (Å²) in [5.74, 6) is -2.35. The first-order valence-corrected chi connectivity index (χ1v) is 17.5. The predicted molar refractivity (Wildman–Crippen MR) is 181 cm³/mol. The number of ether oxygens (including phenoxy) is 1. The highest BCUT2D eigenvalue weighted by Gasteiger charge is 2.50. The third-order valence-electron chi connectivity index (χ3n) is 10.9. The van der Waals surface area contributed by atoms with E-state index >= 15 is 17.6 Å². The molecule has 0 unspecified atom stereocenters. The van der Waals surface area contributed by atoms with Gasteiger partial charge in [0.2, 0.25) is 5.91 Å². The monoisotopic (exact) mass is 731 g/mol. The fourth-order valence-electron chi connectivity index (χ4n) is 8.07. The largest absolute Gasteiger partial charge is 0.461 e. The number of hydrogen-bond donors (Lipinski definition) is 1. The molecule has 2 aromatic heterocycles. The minimum Gasteiger partial charge on any atom is -0.461 e. The minimum atomic E-state index is -5.12. The van der Waals surface area contributed by atoms with E-state index in [1.807, 2.05) is 17.9 Å². The third kappa shape index (κ3) is 5.69. The number of carbonyl (C=O) groups excluding carboxylic acids is 1. The number of thiophene rings is 1. The number of likely N-dealkylation sites (N-methyl/N-ethyl adjacent to an activating group) is 1. The topological polar surface area (TPSA) is 112 Å². The number of nitriles is 1. The lowest BCUT2D eigenvalue weighted by atomic mass is 9.92. The SMILES string of the molecule is CCC(=O)N1CC[C@](C)(N(C)c2nc(OC[C@@]34CCCN3C[C@H](F)C4)nc3c(F)c(-c4ccc(F)c5sc(N)c(C#N)c45)c(C(F)(F)F)cc23)C1. The second-order valence-corrected chi connectivity index (χ2v) is 15.0. The zero-order valence-corrected chi connectivity index (χ0v) is 29.0. The zero-order valence-electron chi connectivity index (χ0n) is 28.1. The molecule has 3 saturated heterocycles. The van der Waals surface area contributed by atoms with Gasteiger partial charge in [-0.3, -0.25) is 9.69 Å². The van der Waals surface area contributed by atoms with E-state index in [0.717, 1.165) is 24.6 Å². The molecule has 1 amide bonds. The van der Waals surface area contributed by atoms with Crippen molar-refractivity contribution >= 4 is 49.1 Å². The standard InChI is InChI=1S/C35H35F6N7O2S/c1-4-24(49)47-11-9-33(2,16-47)46(3)31-20-12-22(35(39,40)41)26(19-6-7-23(37)29-25(19)21(14-42)30(43)51-29)27(38)28(20)44-32(45-31)50-17-34-8-5-10-48(34)15-18(36)13-34/h6-7,12,18H,4-5,8-11,13,15-17,43H2,1-3H3/t18-,33+,34+/m1/s1. The van der Waals surface area contributed by atoms with E-state index in [1.54, 1.807) is 23.8 Å². The van der Waals surface area contributed by atoms with Gasteiger partial charge in [0, 0.05) is 55.9 Å². The lowest BCUT2D eigenvalue weighted by Gasteiger charge is -2.37. The molecule has 0 spiro atoms. The number of fused-ring (bicyclic) bond motifs is 3. The Balaban J connectivity index is 1.45. The van der Waals surface area contributed by atoms with Crippen molar-refractivity contribution in [1.82, 2.24) is 19.8 Å². The van der Waals surface area contributed by atoms with E-state index < -0.39 is 51.7 Å². The van der Waals surface area contributed by atoms with Crippen LogP contribution in [0.3, 0.4) is 0 Å². The van der Waals surface area contributed by atoms with Crippen molar-refractivity contribution in [2.24, 2.45) is 0 Å². The number of nitrogen functional groups attached to an aromatic ring is 1. The van der Waals surface area contributed by atoms with Gasteiger partial charge in [-0.2, -0.15) is 28.4 Å². The summed E-state index contributed by atoms with van der Waals surface area (Å²) in [6, 6.07) is 4.17. The molecule has 0 saturated carbocycles. The van der Waals surface area contributed by atoms with Crippen LogP contribution in [0.15, 0.2) is 18.2 Å². The number of aromatic nitrogens is 2. The molecule has 5 heterocycles. The number of anilines is 2. The highest BCUT2D eigenvalue weighted by molar-refractivity contribution is 7.23. The molecule has 3 aliphatic heterocycles. The van der Waals surface area contributed by atoms with Gasteiger partial charge in [0.25, 0.3) is 0 Å². The van der Waals surface area contributed by atoms with Crippen molar-refractivity contribution < 1.29 is 35.9 Å². The van der Waals surface area contributed by atoms with Crippen molar-refractivity contribution in [2.45, 2.75) is 69.4 Å². The molecule has 270 valence electrons. The molecule has 3 fully saturated rings. The first kappa shape index (κ1) is 35.1. The van der Waals surface area contributed by atoms with Crippen LogP contribution in [0.4, 0.5) is 37.2 Å². The first-order valence-electron chi connectivity index (χ1n) is 16.7. The summed E-state index contributed by atoms with van der Waals surface area (Å²) in [5, 5.41) is 9.20. The van der Waals surface area contributed by atoms with Crippen molar-refractivity contribution in [1.29, 1.82) is 5.26 Å². The molecule has 2 N–H and O–H groups in total. The highest BCUT2D eigenvalue weighted by Crippen LogP contribution is 2.49. The van der Waals surface area contributed by atoms with Crippen LogP contribution in [-0.2, 0) is 11.0 Å². The van der Waals surface area contributed by atoms with Crippen LogP contribution < -0.4 is 15.4 Å². The van der Waals surface area contributed by atoms with E-state index in [1.165, 1.54) is 0 Å². The Labute approximate surface area is 293 Å². The normalized spacial score (nSPS) is 23.7. The van der Waals surface area contributed by atoms with Gasteiger partial charge in [-0.25, -0.2) is 13.2 Å². The summed E-state index contributed by atoms with van der Waals surface area (Å²) in [6.07, 6.45) is -3.74. The first-order chi connectivity index (χ1) is 24.1. The molecule has 9 nitrogen and oxygen atoms in total. The van der Waals surface area contributed by atoms with E-state index in [9.17, 15) is 18.8 Å². The molecule has 0 bridgehead atoms. The molecular weight excluding hydrogens is 696 g/mol. The molecule has 3 aliphatic rings. The van der Waals surface area contributed by atoms with Gasteiger partial charge in [0.1, 0.15) is 41.0 Å². The maximum atomic E-state index is 17.2. The molecule has 51 heavy (non-hydrogen) atoms. The van der Waals surface area contributed by atoms with Crippen LogP contribution in [0.25, 0.3) is 32.1 Å². The summed E-state index contributed by atoms with van der Waals surface area (Å²) in [5.41, 5.74) is 1.05. The second-order valence-electron chi connectivity index (χ2n) is 13.9. The fourth-order valence-corrected chi connectivity index (χ4v) is 9.01. The molecule has 4 aromatic rings. The molecule has 16 heteroatoms. The van der Waals surface area contributed by atoms with Crippen molar-refractivity contribution in [3.05, 3.63) is 41.0 Å². The third-order valence-corrected chi connectivity index (χ3v) is 11.9. The Bertz CT molecular complexity index is 2120. The number of halogens is 6. The van der Waals surface area contributed by atoms with E-state index in [4.69, 9.17) is 10.5 Å². The average molecular weight is 732 g/mol. The number of amides is 1. The average Bonchev–Trinajstić information content (AvgIpc) is 3.84. The number of likely N-dealkylation sites (tertiary alicyclic amines) is 1. The van der Waals surface area contributed by atoms with Crippen molar-refractivity contribution in [2.75, 3.05) is 50.5 Å². The predicted octanol–water partition coefficient (Wildman–Crippen LogP) is 7.05. The van der Waals surface area contributed by atoms with Crippen LogP contribution >= 0.6 is 11.3 Å². The molecule has 0 radical (unpaired) electrons. The number of rotatable bonds is 7. The maximum absolute atomic E-state index is 17.2. The van der Waals surface area contributed by atoms with Crippen molar-refractivity contribution in [3.63, 3.8) is 0 Å². The summed E-state index contributed by atoms with van der Waals surface area (Å²) < 4.78 is 97.7. The van der Waals surface area contributed by atoms with Crippen LogP contribution in [0, 0.1) is 23.0 Å². The van der Waals surface area contributed by atoms with Gasteiger partial charge in [-0.05, 0) is 50.4 Å². The smallest absolute Gasteiger partial charge is 0.417 e. The lowest BCUT2D eigenvalue weighted by molar-refractivity contribution is -0.137. The maximum Gasteiger partial charge on any atom is 0.417 e. The molecule has 7 rings (SSSR count). The quantitative estimate of drug-likeness (QED) is 0.201. The van der Waals surface area contributed by atoms with Gasteiger partial charge in [-0.15, -0.1) is 11.3 Å². The Hall–Kier alpha value is -4.36. The van der Waals surface area contributed by atoms with Gasteiger partial charge in [-0.1, -0.05) is 13.0 Å². The number of alkyl halides is 4. The van der Waals surface area contributed by atoms with Crippen molar-refractivity contribution in [3.8, 4) is 23.2 Å². The summed E-state index contributed by atoms with van der Waals surface area (Å²) >= 11 is 0.679. The number of carbonyl (C=O) groups is 1. The minimum absolute atomic E-state index is 0.0223. The molecule has 2 aromatic carbocycles. The van der Waals surface area contributed by atoms with E-state index in [2.05, 4.69) is 9.97 Å². The van der Waals surface area contributed by atoms with E-state index in [0.29, 0.717) is 37.3 Å². The van der Waals surface area contributed by atoms with Crippen LogP contribution in [0.1, 0.15) is 57.1 Å². The summed E-state index contributed by atoms with van der Waals surface area (Å²) in [7, 11) is 1.61. The number of nitrogens with two attached hydrogens (primary N) is 1. The Morgan fingerprint density at radius 2 is 2.00 bits per heavy atom. The highest BCUT2D eigenvalue weighted by atomic mass is 32.1. The lowest BCUT2D eigenvalue weighted by Crippen LogP contribution is -2.47. The van der Waals surface area contributed by atoms with Gasteiger partial charge in [0.15, 0.2) is 5.82 Å². The molecular formula is C35H35F6N7O2S. The Kier molecular flexibility index (Phi) is 8.52. The van der Waals surface area contributed by atoms with Gasteiger partial charge in [0.05, 0.1) is 26.9 Å². The molecule has 0 aliphatic carbocycles. The molecule has 3 atom stereocenters. The van der Waals surface area contributed by atoms with Crippen LogP contribution in [-0.4, -0.2) is 82.8 Å². The van der Waals surface area contributed by atoms with Gasteiger partial charge >= 0.3 is 12.2 Å². The Morgan fingerprint density at radius 1 is 1.24 bits per heavy atom. The van der Waals surface area contributed by atoms with E-state index in [-0.39, 0.29) is 81.9 Å². The summed E-state index contributed by atoms with van der Waals surface area (Å²) in [6.45, 7) is 5.14. The number of nitrogens with zero attached hydrogens (tertiary/aromatic N) is 6. The zero-order chi connectivity index (χ0) is 36.6.